The van der Waals surface area contributed by atoms with Crippen LogP contribution >= 0.6 is 27.3 Å². The predicted octanol–water partition coefficient (Wildman–Crippen LogP) is 1.84. The minimum absolute atomic E-state index is 0.0582. The molecule has 5 heteroatoms. The van der Waals surface area contributed by atoms with Crippen molar-refractivity contribution < 1.29 is 5.11 Å². The van der Waals surface area contributed by atoms with E-state index in [9.17, 15) is 0 Å². The van der Waals surface area contributed by atoms with Gasteiger partial charge in [-0.05, 0) is 28.8 Å². The molecule has 0 atom stereocenters. The summed E-state index contributed by atoms with van der Waals surface area (Å²) in [4.78, 5) is 4.20. The molecule has 0 saturated heterocycles. The fourth-order valence-electron chi connectivity index (χ4n) is 1.01. The maximum absolute atomic E-state index is 9.03. The second-order valence-corrected chi connectivity index (χ2v) is 4.71. The second-order valence-electron chi connectivity index (χ2n) is 3.04. The number of aliphatic hydroxyl groups is 1. The van der Waals surface area contributed by atoms with Gasteiger partial charge in [-0.15, -0.1) is 11.3 Å². The highest BCUT2D eigenvalue weighted by Crippen LogP contribution is 2.39. The Labute approximate surface area is 83.0 Å². The van der Waals surface area contributed by atoms with Gasteiger partial charge in [-0.1, -0.05) is 0 Å². The van der Waals surface area contributed by atoms with E-state index in [0.29, 0.717) is 0 Å². The number of aliphatic hydroxyl groups excluding tert-OH is 1. The molecular formula is C7H9BrN2OS. The molecule has 2 rings (SSSR count). The minimum Gasteiger partial charge on any atom is -0.394 e. The second kappa shape index (κ2) is 2.97. The molecule has 0 aromatic carbocycles. The van der Waals surface area contributed by atoms with Crippen LogP contribution in [0.5, 0.6) is 0 Å². The third kappa shape index (κ3) is 1.62. The van der Waals surface area contributed by atoms with Crippen LogP contribution in [0.15, 0.2) is 9.98 Å². The first kappa shape index (κ1) is 8.47. The normalized spacial score (nSPS) is 19.2. The van der Waals surface area contributed by atoms with Gasteiger partial charge in [0.25, 0.3) is 0 Å². The van der Waals surface area contributed by atoms with Crippen LogP contribution in [-0.2, 0) is 0 Å². The van der Waals surface area contributed by atoms with Crippen molar-refractivity contribution in [1.82, 2.24) is 4.98 Å². The Hall–Kier alpha value is -0.130. The van der Waals surface area contributed by atoms with Gasteiger partial charge in [-0.3, -0.25) is 0 Å². The maximum atomic E-state index is 9.03. The van der Waals surface area contributed by atoms with Crippen molar-refractivity contribution in [2.45, 2.75) is 18.4 Å². The average Bonchev–Trinajstić information content (AvgIpc) is 2.71. The first-order chi connectivity index (χ1) is 5.74. The number of nitrogens with zero attached hydrogens (tertiary/aromatic N) is 1. The molecule has 0 amide bonds. The smallest absolute Gasteiger partial charge is 0.184 e. The van der Waals surface area contributed by atoms with E-state index in [2.05, 4.69) is 26.2 Å². The summed E-state index contributed by atoms with van der Waals surface area (Å²) in [7, 11) is 0. The predicted molar refractivity (Wildman–Crippen MR) is 52.5 cm³/mol. The summed E-state index contributed by atoms with van der Waals surface area (Å²) in [5.74, 6) is 0. The minimum atomic E-state index is -0.0582. The summed E-state index contributed by atoms with van der Waals surface area (Å²) in [6, 6.07) is 0. The number of thiazole rings is 1. The molecule has 1 aromatic rings. The van der Waals surface area contributed by atoms with Gasteiger partial charge < -0.3 is 10.4 Å². The van der Waals surface area contributed by atoms with Crippen molar-refractivity contribution in [3.05, 3.63) is 9.98 Å². The van der Waals surface area contributed by atoms with Crippen molar-refractivity contribution in [1.29, 1.82) is 0 Å². The van der Waals surface area contributed by atoms with Crippen LogP contribution in [0.3, 0.4) is 0 Å². The highest BCUT2D eigenvalue weighted by molar-refractivity contribution is 9.10. The quantitative estimate of drug-likeness (QED) is 0.859. The molecule has 0 aliphatic heterocycles. The van der Waals surface area contributed by atoms with E-state index in [0.717, 1.165) is 22.6 Å². The molecule has 3 nitrogen and oxygen atoms in total. The molecule has 1 aliphatic rings. The summed E-state index contributed by atoms with van der Waals surface area (Å²) in [6.07, 6.45) is 2.08. The Morgan fingerprint density at radius 2 is 2.50 bits per heavy atom. The fourth-order valence-corrected chi connectivity index (χ4v) is 2.28. The van der Waals surface area contributed by atoms with Gasteiger partial charge in [-0.2, -0.15) is 0 Å². The number of halogens is 1. The Morgan fingerprint density at radius 1 is 1.75 bits per heavy atom. The van der Waals surface area contributed by atoms with Gasteiger partial charge in [0.1, 0.15) is 4.60 Å². The van der Waals surface area contributed by atoms with E-state index in [1.54, 1.807) is 11.3 Å². The molecule has 12 heavy (non-hydrogen) atoms. The fraction of sp³-hybridized carbons (Fsp3) is 0.571. The molecule has 1 saturated carbocycles. The van der Waals surface area contributed by atoms with Crippen molar-refractivity contribution in [3.63, 3.8) is 0 Å². The van der Waals surface area contributed by atoms with Crippen LogP contribution in [0.25, 0.3) is 0 Å². The molecule has 0 bridgehead atoms. The van der Waals surface area contributed by atoms with E-state index < -0.39 is 0 Å². The van der Waals surface area contributed by atoms with Crippen LogP contribution in [0.2, 0.25) is 0 Å². The zero-order valence-electron chi connectivity index (χ0n) is 6.38. The Kier molecular flexibility index (Phi) is 2.10. The summed E-state index contributed by atoms with van der Waals surface area (Å²) in [5, 5.41) is 15.1. The zero-order chi connectivity index (χ0) is 8.60. The standard InChI is InChI=1S/C7H9BrN2OS/c8-5-3-12-6(9-5)10-7(4-11)1-2-7/h3,11H,1-2,4H2,(H,9,10). The van der Waals surface area contributed by atoms with Gasteiger partial charge >= 0.3 is 0 Å². The summed E-state index contributed by atoms with van der Waals surface area (Å²) >= 11 is 4.83. The van der Waals surface area contributed by atoms with Crippen LogP contribution in [-0.4, -0.2) is 22.2 Å². The number of rotatable bonds is 3. The number of hydrogen-bond donors (Lipinski definition) is 2. The molecule has 0 unspecified atom stereocenters. The van der Waals surface area contributed by atoms with Gasteiger partial charge in [0.05, 0.1) is 12.1 Å². The molecule has 2 N–H and O–H groups in total. The lowest BCUT2D eigenvalue weighted by Crippen LogP contribution is -2.25. The molecule has 66 valence electrons. The van der Waals surface area contributed by atoms with E-state index in [4.69, 9.17) is 5.11 Å². The van der Waals surface area contributed by atoms with Crippen molar-refractivity contribution in [2.24, 2.45) is 0 Å². The number of nitrogens with one attached hydrogen (secondary N) is 1. The van der Waals surface area contributed by atoms with Crippen molar-refractivity contribution in [3.8, 4) is 0 Å². The number of hydrogen-bond acceptors (Lipinski definition) is 4. The molecule has 1 aromatic heterocycles. The molecular weight excluding hydrogens is 240 g/mol. The summed E-state index contributed by atoms with van der Waals surface area (Å²) in [6.45, 7) is 0.199. The van der Waals surface area contributed by atoms with Crippen LogP contribution in [0.1, 0.15) is 12.8 Å². The first-order valence-corrected chi connectivity index (χ1v) is 5.41. The van der Waals surface area contributed by atoms with Gasteiger partial charge in [-0.25, -0.2) is 4.98 Å². The lowest BCUT2D eigenvalue weighted by molar-refractivity contribution is 0.266. The summed E-state index contributed by atoms with van der Waals surface area (Å²) in [5.41, 5.74) is -0.0582. The van der Waals surface area contributed by atoms with Gasteiger partial charge in [0, 0.05) is 5.38 Å². The molecule has 0 spiro atoms. The third-order valence-electron chi connectivity index (χ3n) is 2.00. The Balaban J connectivity index is 2.04. The average molecular weight is 249 g/mol. The molecule has 1 heterocycles. The van der Waals surface area contributed by atoms with Crippen molar-refractivity contribution in [2.75, 3.05) is 11.9 Å². The molecule has 1 fully saturated rings. The summed E-state index contributed by atoms with van der Waals surface area (Å²) < 4.78 is 0.851. The van der Waals surface area contributed by atoms with Gasteiger partial charge in [0.2, 0.25) is 0 Å². The van der Waals surface area contributed by atoms with Crippen LogP contribution < -0.4 is 5.32 Å². The van der Waals surface area contributed by atoms with E-state index in [-0.39, 0.29) is 12.1 Å². The van der Waals surface area contributed by atoms with Crippen LogP contribution in [0.4, 0.5) is 5.13 Å². The lowest BCUT2D eigenvalue weighted by atomic mass is 10.3. The van der Waals surface area contributed by atoms with E-state index in [1.165, 1.54) is 0 Å². The van der Waals surface area contributed by atoms with Crippen LogP contribution in [0, 0.1) is 0 Å². The number of aromatic nitrogens is 1. The first-order valence-electron chi connectivity index (χ1n) is 3.74. The highest BCUT2D eigenvalue weighted by Gasteiger charge is 2.42. The van der Waals surface area contributed by atoms with E-state index >= 15 is 0 Å². The van der Waals surface area contributed by atoms with Gasteiger partial charge in [0.15, 0.2) is 5.13 Å². The monoisotopic (exact) mass is 248 g/mol. The largest absolute Gasteiger partial charge is 0.394 e. The highest BCUT2D eigenvalue weighted by atomic mass is 79.9. The SMILES string of the molecule is OCC1(Nc2nc(Br)cs2)CC1. The molecule has 1 aliphatic carbocycles. The Morgan fingerprint density at radius 3 is 2.92 bits per heavy atom. The third-order valence-corrected chi connectivity index (χ3v) is 3.47. The van der Waals surface area contributed by atoms with Crippen molar-refractivity contribution >= 4 is 32.4 Å². The lowest BCUT2D eigenvalue weighted by Gasteiger charge is -2.11. The topological polar surface area (TPSA) is 45.1 Å². The van der Waals surface area contributed by atoms with E-state index in [1.807, 2.05) is 5.38 Å². The number of anilines is 1. The zero-order valence-corrected chi connectivity index (χ0v) is 8.78. The Bertz CT molecular complexity index is 285. The molecule has 0 radical (unpaired) electrons. The maximum Gasteiger partial charge on any atom is 0.184 e.